The van der Waals surface area contributed by atoms with Crippen molar-refractivity contribution in [3.8, 4) is 11.5 Å². The number of phenols is 2. The van der Waals surface area contributed by atoms with Gasteiger partial charge in [0.15, 0.2) is 11.5 Å². The minimum Gasteiger partial charge on any atom is -0.504 e. The van der Waals surface area contributed by atoms with Crippen LogP contribution in [0.1, 0.15) is 15.9 Å². The quantitative estimate of drug-likeness (QED) is 0.460. The van der Waals surface area contributed by atoms with E-state index in [1.807, 2.05) is 0 Å². The minimum absolute atomic E-state index is 0.204. The molecule has 0 aliphatic heterocycles. The van der Waals surface area contributed by atoms with Gasteiger partial charge in [-0.2, -0.15) is 5.10 Å². The molecule has 0 bridgehead atoms. The molecule has 108 valence electrons. The Balaban J connectivity index is 2.10. The van der Waals surface area contributed by atoms with Crippen LogP contribution in [0, 0.1) is 0 Å². The number of carbonyl (C=O) groups excluding carboxylic acids is 1. The molecule has 0 aliphatic rings. The number of rotatable bonds is 3. The molecule has 0 aliphatic carbocycles. The molecule has 0 aromatic heterocycles. The number of halogens is 2. The fourth-order valence-electron chi connectivity index (χ4n) is 1.55. The third-order valence-corrected chi connectivity index (χ3v) is 3.14. The largest absolute Gasteiger partial charge is 0.504 e. The molecule has 2 rings (SSSR count). The molecule has 3 N–H and O–H groups in total. The van der Waals surface area contributed by atoms with E-state index in [9.17, 15) is 15.0 Å². The van der Waals surface area contributed by atoms with E-state index < -0.39 is 5.91 Å². The summed E-state index contributed by atoms with van der Waals surface area (Å²) in [5, 5.41) is 23.2. The second kappa shape index (κ2) is 6.47. The minimum atomic E-state index is -0.521. The molecule has 21 heavy (non-hydrogen) atoms. The average molecular weight is 325 g/mol. The number of phenolic OH excluding ortho intramolecular Hbond substituents is 2. The maximum atomic E-state index is 11.9. The number of hydrogen-bond acceptors (Lipinski definition) is 4. The zero-order valence-corrected chi connectivity index (χ0v) is 12.1. The molecule has 0 saturated heterocycles. The lowest BCUT2D eigenvalue weighted by Crippen LogP contribution is -2.18. The summed E-state index contributed by atoms with van der Waals surface area (Å²) >= 11 is 11.6. The highest BCUT2D eigenvalue weighted by Gasteiger charge is 2.10. The molecule has 5 nitrogen and oxygen atoms in total. The number of amides is 1. The van der Waals surface area contributed by atoms with E-state index in [2.05, 4.69) is 10.5 Å². The lowest BCUT2D eigenvalue weighted by atomic mass is 10.2. The highest BCUT2D eigenvalue weighted by atomic mass is 35.5. The molecule has 0 radical (unpaired) electrons. The van der Waals surface area contributed by atoms with Gasteiger partial charge in [-0.25, -0.2) is 5.43 Å². The van der Waals surface area contributed by atoms with Crippen LogP contribution >= 0.6 is 23.2 Å². The van der Waals surface area contributed by atoms with Crippen molar-refractivity contribution in [1.29, 1.82) is 0 Å². The Morgan fingerprint density at radius 2 is 1.95 bits per heavy atom. The van der Waals surface area contributed by atoms with Crippen LogP contribution in [-0.2, 0) is 0 Å². The van der Waals surface area contributed by atoms with Crippen molar-refractivity contribution in [2.75, 3.05) is 0 Å². The Morgan fingerprint density at radius 1 is 1.19 bits per heavy atom. The molecule has 0 saturated carbocycles. The van der Waals surface area contributed by atoms with Gasteiger partial charge in [-0.1, -0.05) is 29.3 Å². The van der Waals surface area contributed by atoms with Gasteiger partial charge in [-0.3, -0.25) is 4.79 Å². The van der Waals surface area contributed by atoms with Gasteiger partial charge in [0, 0.05) is 10.6 Å². The van der Waals surface area contributed by atoms with E-state index >= 15 is 0 Å². The number of hydrogen-bond donors (Lipinski definition) is 3. The Kier molecular flexibility index (Phi) is 4.67. The number of nitrogens with one attached hydrogen (secondary N) is 1. The van der Waals surface area contributed by atoms with Crippen LogP contribution < -0.4 is 5.43 Å². The molecular weight excluding hydrogens is 315 g/mol. The van der Waals surface area contributed by atoms with E-state index in [1.54, 1.807) is 0 Å². The molecule has 0 spiro atoms. The summed E-state index contributed by atoms with van der Waals surface area (Å²) in [5.41, 5.74) is 2.75. The van der Waals surface area contributed by atoms with E-state index in [0.29, 0.717) is 5.02 Å². The lowest BCUT2D eigenvalue weighted by Gasteiger charge is -2.03. The monoisotopic (exact) mass is 324 g/mol. The molecule has 0 heterocycles. The van der Waals surface area contributed by atoms with E-state index in [0.717, 1.165) is 0 Å². The summed E-state index contributed by atoms with van der Waals surface area (Å²) in [6.07, 6.45) is 1.21. The van der Waals surface area contributed by atoms with Crippen LogP contribution in [0.3, 0.4) is 0 Å². The van der Waals surface area contributed by atoms with Gasteiger partial charge in [0.2, 0.25) is 0 Å². The summed E-state index contributed by atoms with van der Waals surface area (Å²) in [5.74, 6) is -1.11. The van der Waals surface area contributed by atoms with Crippen LogP contribution in [0.5, 0.6) is 11.5 Å². The number of hydrazone groups is 1. The van der Waals surface area contributed by atoms with Gasteiger partial charge in [0.05, 0.1) is 16.8 Å². The van der Waals surface area contributed by atoms with Crippen molar-refractivity contribution in [3.05, 3.63) is 57.6 Å². The summed E-state index contributed by atoms with van der Waals surface area (Å²) in [6, 6.07) is 8.85. The molecule has 0 atom stereocenters. The van der Waals surface area contributed by atoms with Crippen molar-refractivity contribution < 1.29 is 15.0 Å². The second-order valence-electron chi connectivity index (χ2n) is 4.04. The zero-order chi connectivity index (χ0) is 15.4. The average Bonchev–Trinajstić information content (AvgIpc) is 2.43. The summed E-state index contributed by atoms with van der Waals surface area (Å²) in [7, 11) is 0. The van der Waals surface area contributed by atoms with E-state index in [4.69, 9.17) is 23.2 Å². The molecule has 1 amide bonds. The zero-order valence-electron chi connectivity index (χ0n) is 10.5. The Bertz CT molecular complexity index is 717. The number of carbonyl (C=O) groups is 1. The maximum Gasteiger partial charge on any atom is 0.272 e. The van der Waals surface area contributed by atoms with Crippen LogP contribution in [0.15, 0.2) is 41.5 Å². The SMILES string of the molecule is O=C(NN=Cc1cccc(O)c1O)c1ccc(Cl)cc1Cl. The van der Waals surface area contributed by atoms with Crippen LogP contribution in [0.4, 0.5) is 0 Å². The second-order valence-corrected chi connectivity index (χ2v) is 4.88. The first kappa shape index (κ1) is 15.2. The summed E-state index contributed by atoms with van der Waals surface area (Å²) < 4.78 is 0. The third kappa shape index (κ3) is 3.65. The fourth-order valence-corrected chi connectivity index (χ4v) is 2.04. The Hall–Kier alpha value is -2.24. The van der Waals surface area contributed by atoms with Crippen LogP contribution in [0.25, 0.3) is 0 Å². The molecule has 2 aromatic rings. The number of aromatic hydroxyl groups is 2. The van der Waals surface area contributed by atoms with Gasteiger partial charge >= 0.3 is 0 Å². The number of benzene rings is 2. The topological polar surface area (TPSA) is 81.9 Å². The highest BCUT2D eigenvalue weighted by Crippen LogP contribution is 2.26. The van der Waals surface area contributed by atoms with E-state index in [-0.39, 0.29) is 27.6 Å². The van der Waals surface area contributed by atoms with Gasteiger partial charge in [0.1, 0.15) is 0 Å². The van der Waals surface area contributed by atoms with Gasteiger partial charge in [-0.15, -0.1) is 0 Å². The van der Waals surface area contributed by atoms with Crippen molar-refractivity contribution in [3.63, 3.8) is 0 Å². The van der Waals surface area contributed by atoms with Crippen molar-refractivity contribution in [2.24, 2.45) is 5.10 Å². The van der Waals surface area contributed by atoms with Gasteiger partial charge in [0.25, 0.3) is 5.91 Å². The predicted octanol–water partition coefficient (Wildman–Crippen LogP) is 3.17. The van der Waals surface area contributed by atoms with Crippen LogP contribution in [-0.4, -0.2) is 22.3 Å². The van der Waals surface area contributed by atoms with Crippen molar-refractivity contribution in [1.82, 2.24) is 5.43 Å². The van der Waals surface area contributed by atoms with Crippen molar-refractivity contribution in [2.45, 2.75) is 0 Å². The third-order valence-electron chi connectivity index (χ3n) is 2.59. The molecule has 7 heteroatoms. The first-order chi connectivity index (χ1) is 9.99. The predicted molar refractivity (Wildman–Crippen MR) is 81.3 cm³/mol. The number of nitrogens with zero attached hydrogens (tertiary/aromatic N) is 1. The molecule has 2 aromatic carbocycles. The highest BCUT2D eigenvalue weighted by molar-refractivity contribution is 6.36. The van der Waals surface area contributed by atoms with Gasteiger partial charge < -0.3 is 10.2 Å². The summed E-state index contributed by atoms with van der Waals surface area (Å²) in [6.45, 7) is 0. The standard InChI is InChI=1S/C14H10Cl2N2O3/c15-9-4-5-10(11(16)6-9)14(21)18-17-7-8-2-1-3-12(19)13(8)20/h1-7,19-20H,(H,18,21). The summed E-state index contributed by atoms with van der Waals surface area (Å²) in [4.78, 5) is 11.9. The first-order valence-electron chi connectivity index (χ1n) is 5.78. The molecular formula is C14H10Cl2N2O3. The molecule has 0 unspecified atom stereocenters. The van der Waals surface area contributed by atoms with Crippen molar-refractivity contribution >= 4 is 35.3 Å². The Morgan fingerprint density at radius 3 is 2.67 bits per heavy atom. The van der Waals surface area contributed by atoms with Gasteiger partial charge in [-0.05, 0) is 30.3 Å². The normalized spacial score (nSPS) is 10.8. The maximum absolute atomic E-state index is 11.9. The first-order valence-corrected chi connectivity index (χ1v) is 6.54. The van der Waals surface area contributed by atoms with E-state index in [1.165, 1.54) is 42.6 Å². The smallest absolute Gasteiger partial charge is 0.272 e. The van der Waals surface area contributed by atoms with Crippen LogP contribution in [0.2, 0.25) is 10.0 Å². The number of para-hydroxylation sites is 1. The lowest BCUT2D eigenvalue weighted by molar-refractivity contribution is 0.0955. The Labute approximate surface area is 130 Å². The fraction of sp³-hybridized carbons (Fsp3) is 0. The molecule has 0 fully saturated rings.